The molecule has 2 rings (SSSR count). The number of carbonyl (C=O) groups excluding carboxylic acids is 1. The molecule has 0 unspecified atom stereocenters. The molecule has 2 heterocycles. The molecule has 5 nitrogen and oxygen atoms in total. The number of likely N-dealkylation sites (tertiary alicyclic amines) is 2. The van der Waals surface area contributed by atoms with Crippen molar-refractivity contribution in [3.05, 3.63) is 0 Å². The lowest BCUT2D eigenvalue weighted by Crippen LogP contribution is -2.61. The van der Waals surface area contributed by atoms with Crippen LogP contribution in [-0.4, -0.2) is 64.9 Å². The molecule has 0 aromatic rings. The monoisotopic (exact) mass is 280 g/mol. The maximum Gasteiger partial charge on any atom is 0.410 e. The molecule has 1 amide bonds. The summed E-state index contributed by atoms with van der Waals surface area (Å²) in [5, 5.41) is 10.2. The van der Waals surface area contributed by atoms with E-state index in [-0.39, 0.29) is 12.1 Å². The summed E-state index contributed by atoms with van der Waals surface area (Å²) in [5.41, 5.74) is -0.504. The average Bonchev–Trinajstić information content (AvgIpc) is 2.27. The van der Waals surface area contributed by atoms with Crippen LogP contribution in [0.5, 0.6) is 0 Å². The van der Waals surface area contributed by atoms with Crippen LogP contribution in [0.3, 0.4) is 0 Å². The average molecular weight is 280 g/mol. The molecule has 1 N–H and O–H groups in total. The lowest BCUT2D eigenvalue weighted by atomic mass is 9.92. The summed E-state index contributed by atoms with van der Waals surface area (Å²) in [6.45, 7) is 8.18. The van der Waals surface area contributed by atoms with Crippen molar-refractivity contribution in [1.29, 1.82) is 0 Å². The normalized spacial score (nSPS) is 28.6. The number of β-amino-alcohol motifs (C(OH)–C–C–N with tert-alkyl or cyclic N) is 1. The van der Waals surface area contributed by atoms with Gasteiger partial charge in [-0.25, -0.2) is 4.79 Å². The van der Waals surface area contributed by atoms with Gasteiger partial charge in [-0.15, -0.1) is 12.3 Å². The van der Waals surface area contributed by atoms with Crippen molar-refractivity contribution in [2.45, 2.75) is 44.9 Å². The van der Waals surface area contributed by atoms with Crippen LogP contribution in [0.15, 0.2) is 0 Å². The molecule has 0 saturated carbocycles. The van der Waals surface area contributed by atoms with Gasteiger partial charge in [-0.1, -0.05) is 0 Å². The van der Waals surface area contributed by atoms with Gasteiger partial charge in [0.1, 0.15) is 5.60 Å². The summed E-state index contributed by atoms with van der Waals surface area (Å²) in [4.78, 5) is 15.8. The molecule has 2 saturated heterocycles. The number of terminal acetylenes is 1. The summed E-state index contributed by atoms with van der Waals surface area (Å²) in [5.74, 6) is 3.04. The molecule has 5 heteroatoms. The Morgan fingerprint density at radius 2 is 2.00 bits per heavy atom. The van der Waals surface area contributed by atoms with E-state index in [1.165, 1.54) is 0 Å². The molecular weight excluding hydrogens is 256 g/mol. The second-order valence-electron chi connectivity index (χ2n) is 6.67. The molecule has 0 bridgehead atoms. The highest BCUT2D eigenvalue weighted by Gasteiger charge is 2.39. The Hall–Kier alpha value is -1.25. The molecule has 2 fully saturated rings. The molecule has 0 aliphatic carbocycles. The first-order valence-electron chi connectivity index (χ1n) is 7.16. The van der Waals surface area contributed by atoms with Crippen LogP contribution in [0, 0.1) is 18.3 Å². The second kappa shape index (κ2) is 5.63. The van der Waals surface area contributed by atoms with Gasteiger partial charge in [0.05, 0.1) is 12.6 Å². The van der Waals surface area contributed by atoms with Gasteiger partial charge < -0.3 is 14.7 Å². The van der Waals surface area contributed by atoms with E-state index in [2.05, 4.69) is 10.8 Å². The summed E-state index contributed by atoms with van der Waals surface area (Å²) in [6.07, 6.45) is 5.25. The van der Waals surface area contributed by atoms with Crippen molar-refractivity contribution in [2.24, 2.45) is 5.92 Å². The van der Waals surface area contributed by atoms with E-state index in [0.29, 0.717) is 19.0 Å². The third-order valence-corrected chi connectivity index (χ3v) is 3.81. The van der Waals surface area contributed by atoms with Crippen molar-refractivity contribution in [3.8, 4) is 12.3 Å². The van der Waals surface area contributed by atoms with Crippen LogP contribution >= 0.6 is 0 Å². The van der Waals surface area contributed by atoms with Crippen molar-refractivity contribution in [2.75, 3.05) is 26.2 Å². The summed E-state index contributed by atoms with van der Waals surface area (Å²) >= 11 is 0. The Labute approximate surface area is 120 Å². The molecule has 2 aliphatic rings. The zero-order chi connectivity index (χ0) is 14.9. The molecule has 0 radical (unpaired) electrons. The first-order valence-corrected chi connectivity index (χ1v) is 7.16. The van der Waals surface area contributed by atoms with Crippen LogP contribution in [0.4, 0.5) is 4.79 Å². The van der Waals surface area contributed by atoms with E-state index in [1.807, 2.05) is 20.8 Å². The fourth-order valence-corrected chi connectivity index (χ4v) is 2.73. The topological polar surface area (TPSA) is 53.0 Å². The maximum absolute atomic E-state index is 12.0. The number of nitrogens with zero attached hydrogens (tertiary/aromatic N) is 2. The quantitative estimate of drug-likeness (QED) is 0.726. The van der Waals surface area contributed by atoms with Crippen molar-refractivity contribution in [3.63, 3.8) is 0 Å². The molecule has 0 aromatic carbocycles. The number of amides is 1. The van der Waals surface area contributed by atoms with E-state index in [9.17, 15) is 9.90 Å². The molecule has 2 atom stereocenters. The number of rotatable bonds is 1. The first kappa shape index (κ1) is 15.1. The minimum atomic E-state index is -0.532. The predicted octanol–water partition coefficient (Wildman–Crippen LogP) is 0.922. The van der Waals surface area contributed by atoms with E-state index in [0.717, 1.165) is 19.5 Å². The SMILES string of the molecule is C#CC1CN([C@H]2CCN(C(=O)OC(C)(C)C)C[C@H]2O)C1. The fraction of sp³-hybridized carbons (Fsp3) is 0.800. The van der Waals surface area contributed by atoms with Gasteiger partial charge in [0.25, 0.3) is 0 Å². The summed E-state index contributed by atoms with van der Waals surface area (Å²) < 4.78 is 5.33. The molecular formula is C15H24N2O3. The number of hydrogen-bond donors (Lipinski definition) is 1. The first-order chi connectivity index (χ1) is 9.30. The lowest BCUT2D eigenvalue weighted by Gasteiger charge is -2.47. The van der Waals surface area contributed by atoms with Gasteiger partial charge in [0, 0.05) is 31.6 Å². The summed E-state index contributed by atoms with van der Waals surface area (Å²) in [7, 11) is 0. The largest absolute Gasteiger partial charge is 0.444 e. The van der Waals surface area contributed by atoms with Gasteiger partial charge in [0.15, 0.2) is 0 Å². The fourth-order valence-electron chi connectivity index (χ4n) is 2.73. The van der Waals surface area contributed by atoms with Crippen LogP contribution < -0.4 is 0 Å². The van der Waals surface area contributed by atoms with E-state index >= 15 is 0 Å². The Bertz CT molecular complexity index is 404. The highest BCUT2D eigenvalue weighted by Crippen LogP contribution is 2.25. The predicted molar refractivity (Wildman–Crippen MR) is 76.1 cm³/mol. The molecule has 112 valence electrons. The third kappa shape index (κ3) is 3.44. The Morgan fingerprint density at radius 1 is 1.35 bits per heavy atom. The van der Waals surface area contributed by atoms with Crippen molar-refractivity contribution < 1.29 is 14.6 Å². The molecule has 2 aliphatic heterocycles. The molecule has 0 spiro atoms. The van der Waals surface area contributed by atoms with Crippen molar-refractivity contribution in [1.82, 2.24) is 9.80 Å². The zero-order valence-corrected chi connectivity index (χ0v) is 12.5. The van der Waals surface area contributed by atoms with Crippen LogP contribution in [-0.2, 0) is 4.74 Å². The lowest BCUT2D eigenvalue weighted by molar-refractivity contribution is -0.0521. The Balaban J connectivity index is 1.84. The van der Waals surface area contributed by atoms with Gasteiger partial charge >= 0.3 is 6.09 Å². The van der Waals surface area contributed by atoms with Crippen LogP contribution in [0.1, 0.15) is 27.2 Å². The van der Waals surface area contributed by atoms with Gasteiger partial charge in [0.2, 0.25) is 0 Å². The number of piperidine rings is 1. The number of hydrogen-bond acceptors (Lipinski definition) is 4. The molecule has 0 aromatic heterocycles. The maximum atomic E-state index is 12.0. The highest BCUT2D eigenvalue weighted by molar-refractivity contribution is 5.68. The van der Waals surface area contributed by atoms with Crippen LogP contribution in [0.25, 0.3) is 0 Å². The Morgan fingerprint density at radius 3 is 2.50 bits per heavy atom. The van der Waals surface area contributed by atoms with Crippen LogP contribution in [0.2, 0.25) is 0 Å². The minimum absolute atomic E-state index is 0.110. The molecule has 20 heavy (non-hydrogen) atoms. The number of carbonyl (C=O) groups is 1. The minimum Gasteiger partial charge on any atom is -0.444 e. The Kier molecular flexibility index (Phi) is 4.26. The van der Waals surface area contributed by atoms with E-state index in [1.54, 1.807) is 4.90 Å². The zero-order valence-electron chi connectivity index (χ0n) is 12.5. The van der Waals surface area contributed by atoms with Gasteiger partial charge in [-0.3, -0.25) is 4.90 Å². The second-order valence-corrected chi connectivity index (χ2v) is 6.67. The van der Waals surface area contributed by atoms with Crippen molar-refractivity contribution >= 4 is 6.09 Å². The number of ether oxygens (including phenoxy) is 1. The standard InChI is InChI=1S/C15H24N2O3/c1-5-11-8-17(9-11)12-6-7-16(10-13(12)18)14(19)20-15(2,3)4/h1,11-13,18H,6-10H2,2-4H3/t12-,13+/m0/s1. The highest BCUT2D eigenvalue weighted by atomic mass is 16.6. The van der Waals surface area contributed by atoms with Gasteiger partial charge in [-0.2, -0.15) is 0 Å². The number of aliphatic hydroxyl groups is 1. The summed E-state index contributed by atoms with van der Waals surface area (Å²) in [6, 6.07) is 0.110. The smallest absolute Gasteiger partial charge is 0.410 e. The van der Waals surface area contributed by atoms with E-state index in [4.69, 9.17) is 11.2 Å². The van der Waals surface area contributed by atoms with E-state index < -0.39 is 11.7 Å². The van der Waals surface area contributed by atoms with Gasteiger partial charge in [-0.05, 0) is 27.2 Å². The number of aliphatic hydroxyl groups excluding tert-OH is 1. The third-order valence-electron chi connectivity index (χ3n) is 3.81.